The fraction of sp³-hybridized carbons (Fsp3) is 0.304. The maximum Gasteiger partial charge on any atom is 0.241 e. The van der Waals surface area contributed by atoms with Crippen LogP contribution in [0.3, 0.4) is 0 Å². The smallest absolute Gasteiger partial charge is 0.241 e. The van der Waals surface area contributed by atoms with Gasteiger partial charge in [0.1, 0.15) is 5.75 Å². The van der Waals surface area contributed by atoms with Crippen LogP contribution < -0.4 is 18.9 Å². The molecule has 1 N–H and O–H groups in total. The van der Waals surface area contributed by atoms with Crippen molar-refractivity contribution < 1.29 is 22.6 Å². The standard InChI is InChI=1S/C23H27NO5S/c1-5-28-22-12-9-17(15-23(22)29-6-2)16(3)24-30(25,26)21-11-8-18-13-20(27-4)10-7-19(18)14-21/h7-16,24H,5-6H2,1-4H3/t16-/m0/s1. The van der Waals surface area contributed by atoms with Crippen molar-refractivity contribution in [3.8, 4) is 17.2 Å². The molecular weight excluding hydrogens is 402 g/mol. The van der Waals surface area contributed by atoms with Crippen molar-refractivity contribution in [2.75, 3.05) is 20.3 Å². The van der Waals surface area contributed by atoms with Gasteiger partial charge in [-0.2, -0.15) is 0 Å². The lowest BCUT2D eigenvalue weighted by Gasteiger charge is -2.18. The lowest BCUT2D eigenvalue weighted by atomic mass is 10.1. The molecule has 0 aliphatic rings. The average Bonchev–Trinajstić information content (AvgIpc) is 2.74. The molecule has 160 valence electrons. The molecule has 0 radical (unpaired) electrons. The van der Waals surface area contributed by atoms with E-state index in [2.05, 4.69) is 4.72 Å². The number of benzene rings is 3. The van der Waals surface area contributed by atoms with Crippen LogP contribution in [0.15, 0.2) is 59.5 Å². The fourth-order valence-electron chi connectivity index (χ4n) is 3.20. The van der Waals surface area contributed by atoms with Crippen molar-refractivity contribution in [1.29, 1.82) is 0 Å². The number of hydrogen-bond acceptors (Lipinski definition) is 5. The molecule has 0 heterocycles. The van der Waals surface area contributed by atoms with Crippen molar-refractivity contribution >= 4 is 20.8 Å². The molecule has 3 aromatic rings. The number of hydrogen-bond donors (Lipinski definition) is 1. The fourth-order valence-corrected chi connectivity index (χ4v) is 4.47. The van der Waals surface area contributed by atoms with Gasteiger partial charge in [0.15, 0.2) is 11.5 Å². The quantitative estimate of drug-likeness (QED) is 0.534. The molecule has 0 amide bonds. The van der Waals surface area contributed by atoms with Crippen molar-refractivity contribution in [3.05, 3.63) is 60.2 Å². The summed E-state index contributed by atoms with van der Waals surface area (Å²) >= 11 is 0. The zero-order valence-corrected chi connectivity index (χ0v) is 18.5. The van der Waals surface area contributed by atoms with Gasteiger partial charge in [0.05, 0.1) is 25.2 Å². The SMILES string of the molecule is CCOc1ccc([C@H](C)NS(=O)(=O)c2ccc3cc(OC)ccc3c2)cc1OCC. The lowest BCUT2D eigenvalue weighted by molar-refractivity contribution is 0.287. The molecule has 0 unspecified atom stereocenters. The van der Waals surface area contributed by atoms with Gasteiger partial charge < -0.3 is 14.2 Å². The average molecular weight is 430 g/mol. The Morgan fingerprint density at radius 3 is 2.23 bits per heavy atom. The summed E-state index contributed by atoms with van der Waals surface area (Å²) in [6.07, 6.45) is 0. The molecule has 30 heavy (non-hydrogen) atoms. The van der Waals surface area contributed by atoms with Crippen molar-refractivity contribution in [3.63, 3.8) is 0 Å². The number of ether oxygens (including phenoxy) is 3. The van der Waals surface area contributed by atoms with Crippen LogP contribution in [-0.4, -0.2) is 28.7 Å². The molecule has 3 aromatic carbocycles. The first-order valence-corrected chi connectivity index (χ1v) is 11.4. The summed E-state index contributed by atoms with van der Waals surface area (Å²) in [5, 5.41) is 1.74. The van der Waals surface area contributed by atoms with Crippen LogP contribution in [0.4, 0.5) is 0 Å². The Bertz CT molecular complexity index is 1130. The third-order valence-corrected chi connectivity index (χ3v) is 6.27. The maximum atomic E-state index is 13.0. The second kappa shape index (κ2) is 9.36. The van der Waals surface area contributed by atoms with Gasteiger partial charge in [-0.1, -0.05) is 18.2 Å². The van der Waals surface area contributed by atoms with Crippen molar-refractivity contribution in [2.24, 2.45) is 0 Å². The maximum absolute atomic E-state index is 13.0. The van der Waals surface area contributed by atoms with Crippen LogP contribution in [-0.2, 0) is 10.0 Å². The number of methoxy groups -OCH3 is 1. The van der Waals surface area contributed by atoms with Crippen LogP contribution in [0.5, 0.6) is 17.2 Å². The van der Waals surface area contributed by atoms with E-state index in [1.807, 2.05) is 44.2 Å². The Morgan fingerprint density at radius 1 is 0.867 bits per heavy atom. The Hall–Kier alpha value is -2.77. The topological polar surface area (TPSA) is 73.9 Å². The van der Waals surface area contributed by atoms with Crippen LogP contribution >= 0.6 is 0 Å². The molecule has 0 aliphatic heterocycles. The summed E-state index contributed by atoms with van der Waals surface area (Å²) in [6.45, 7) is 6.61. The predicted octanol–water partition coefficient (Wildman–Crippen LogP) is 4.69. The van der Waals surface area contributed by atoms with Crippen LogP contribution in [0.2, 0.25) is 0 Å². The minimum absolute atomic E-state index is 0.211. The monoisotopic (exact) mass is 429 g/mol. The molecule has 0 fully saturated rings. The molecule has 0 spiro atoms. The van der Waals surface area contributed by atoms with E-state index in [0.717, 1.165) is 22.1 Å². The number of rotatable bonds is 9. The van der Waals surface area contributed by atoms with E-state index < -0.39 is 16.1 Å². The Kier molecular flexibility index (Phi) is 6.84. The van der Waals surface area contributed by atoms with Crippen molar-refractivity contribution in [2.45, 2.75) is 31.7 Å². The van der Waals surface area contributed by atoms with Gasteiger partial charge >= 0.3 is 0 Å². The molecule has 0 aliphatic carbocycles. The third-order valence-electron chi connectivity index (χ3n) is 4.73. The van der Waals surface area contributed by atoms with E-state index in [1.165, 1.54) is 0 Å². The third kappa shape index (κ3) is 4.86. The molecule has 6 nitrogen and oxygen atoms in total. The Labute approximate surface area is 177 Å². The zero-order valence-electron chi connectivity index (χ0n) is 17.6. The van der Waals surface area contributed by atoms with E-state index in [0.29, 0.717) is 24.7 Å². The summed E-state index contributed by atoms with van der Waals surface area (Å²) in [4.78, 5) is 0.211. The normalized spacial score (nSPS) is 12.5. The first-order valence-electron chi connectivity index (χ1n) is 9.87. The van der Waals surface area contributed by atoms with Gasteiger partial charge in [-0.15, -0.1) is 0 Å². The Morgan fingerprint density at radius 2 is 1.53 bits per heavy atom. The second-order valence-corrected chi connectivity index (χ2v) is 8.50. The van der Waals surface area contributed by atoms with Crippen LogP contribution in [0, 0.1) is 0 Å². The van der Waals surface area contributed by atoms with E-state index in [4.69, 9.17) is 14.2 Å². The molecule has 1 atom stereocenters. The summed E-state index contributed by atoms with van der Waals surface area (Å²) in [5.74, 6) is 1.97. The molecule has 0 bridgehead atoms. The first kappa shape index (κ1) is 21.9. The largest absolute Gasteiger partial charge is 0.497 e. The highest BCUT2D eigenvalue weighted by molar-refractivity contribution is 7.89. The summed E-state index contributed by atoms with van der Waals surface area (Å²) < 4.78 is 45.1. The molecule has 7 heteroatoms. The highest BCUT2D eigenvalue weighted by Gasteiger charge is 2.20. The minimum Gasteiger partial charge on any atom is -0.497 e. The lowest BCUT2D eigenvalue weighted by Crippen LogP contribution is -2.27. The minimum atomic E-state index is -3.71. The summed E-state index contributed by atoms with van der Waals surface area (Å²) in [7, 11) is -2.11. The molecule has 0 saturated carbocycles. The highest BCUT2D eigenvalue weighted by Crippen LogP contribution is 2.31. The second-order valence-electron chi connectivity index (χ2n) is 6.79. The molecule has 0 saturated heterocycles. The van der Waals surface area contributed by atoms with E-state index in [9.17, 15) is 8.42 Å². The van der Waals surface area contributed by atoms with Gasteiger partial charge in [0.25, 0.3) is 0 Å². The zero-order chi connectivity index (χ0) is 21.7. The molecule has 0 aromatic heterocycles. The summed E-state index contributed by atoms with van der Waals surface area (Å²) in [6, 6.07) is 15.6. The predicted molar refractivity (Wildman–Crippen MR) is 118 cm³/mol. The molecule has 3 rings (SSSR count). The van der Waals surface area contributed by atoms with Gasteiger partial charge in [0.2, 0.25) is 10.0 Å². The highest BCUT2D eigenvalue weighted by atomic mass is 32.2. The number of sulfonamides is 1. The van der Waals surface area contributed by atoms with E-state index >= 15 is 0 Å². The summed E-state index contributed by atoms with van der Waals surface area (Å²) in [5.41, 5.74) is 0.788. The van der Waals surface area contributed by atoms with Crippen molar-refractivity contribution in [1.82, 2.24) is 4.72 Å². The number of fused-ring (bicyclic) bond motifs is 1. The molecular formula is C23H27NO5S. The first-order chi connectivity index (χ1) is 14.4. The van der Waals surface area contributed by atoms with Gasteiger partial charge in [0, 0.05) is 6.04 Å². The van der Waals surface area contributed by atoms with E-state index in [1.54, 1.807) is 38.3 Å². The van der Waals surface area contributed by atoms with Gasteiger partial charge in [-0.3, -0.25) is 0 Å². The van der Waals surface area contributed by atoms with Gasteiger partial charge in [-0.25, -0.2) is 13.1 Å². The Balaban J connectivity index is 1.85. The van der Waals surface area contributed by atoms with E-state index in [-0.39, 0.29) is 4.90 Å². The number of nitrogens with one attached hydrogen (secondary N) is 1. The van der Waals surface area contributed by atoms with Crippen LogP contribution in [0.25, 0.3) is 10.8 Å². The van der Waals surface area contributed by atoms with Crippen LogP contribution in [0.1, 0.15) is 32.4 Å². The van der Waals surface area contributed by atoms with Gasteiger partial charge in [-0.05, 0) is 73.5 Å².